The molecule has 1 aromatic heterocycles. The first-order valence-corrected chi connectivity index (χ1v) is 13.5. The van der Waals surface area contributed by atoms with Crippen molar-refractivity contribution in [1.82, 2.24) is 5.32 Å². The van der Waals surface area contributed by atoms with Crippen LogP contribution in [0.15, 0.2) is 53.8 Å². The third kappa shape index (κ3) is 17.9. The van der Waals surface area contributed by atoms with Gasteiger partial charge >= 0.3 is 6.16 Å². The van der Waals surface area contributed by atoms with E-state index in [-0.39, 0.29) is 32.4 Å². The molecule has 2 aromatic rings. The first-order chi connectivity index (χ1) is 19.6. The van der Waals surface area contributed by atoms with Crippen LogP contribution in [0.2, 0.25) is 5.02 Å². The number of pyridine rings is 1. The number of aromatic nitrogens is 1. The summed E-state index contributed by atoms with van der Waals surface area (Å²) in [6, 6.07) is 10.9. The van der Waals surface area contributed by atoms with E-state index in [1.54, 1.807) is 35.3 Å². The number of unbranched alkanes of at least 4 members (excludes halogenated alkanes) is 3. The van der Waals surface area contributed by atoms with Gasteiger partial charge in [-0.2, -0.15) is 9.83 Å². The van der Waals surface area contributed by atoms with Gasteiger partial charge in [0.05, 0.1) is 38.7 Å². The third-order valence-corrected chi connectivity index (χ3v) is 5.43. The molecule has 0 aliphatic carbocycles. The van der Waals surface area contributed by atoms with E-state index in [1.165, 1.54) is 0 Å². The van der Waals surface area contributed by atoms with E-state index in [4.69, 9.17) is 46.3 Å². The molecule has 0 fully saturated rings. The standard InChI is InChI=1S/C27H37ClN6O6.ClH/c28-23-5-7-25(8-6-23)38-15-4-2-1-3-12-31-26(32-21-30)33-24-9-13-34(14-10-24)22-40-27(35)39-20-19-37-18-17-36-16-11-29;/h5-10,13-14H,1-4,11-12,15-20,22,29H2,(H,31,32);1H. The minimum atomic E-state index is -0.792. The molecule has 1 heterocycles. The molecule has 0 unspecified atom stereocenters. The Kier molecular flexibility index (Phi) is 20.3. The minimum absolute atomic E-state index is 0. The molecule has 0 radical (unpaired) electrons. The van der Waals surface area contributed by atoms with Gasteiger partial charge in [-0.3, -0.25) is 0 Å². The summed E-state index contributed by atoms with van der Waals surface area (Å²) in [4.78, 5) is 15.5. The smallest absolute Gasteiger partial charge is 0.513 e. The number of nitrogens with two attached hydrogens (primary N) is 1. The molecule has 0 aliphatic heterocycles. The van der Waals surface area contributed by atoms with Crippen molar-refractivity contribution < 1.29 is 45.5 Å². The van der Waals surface area contributed by atoms with Crippen molar-refractivity contribution in [2.45, 2.75) is 32.4 Å². The lowest BCUT2D eigenvalue weighted by atomic mass is 10.2. The van der Waals surface area contributed by atoms with Gasteiger partial charge < -0.3 is 52.5 Å². The summed E-state index contributed by atoms with van der Waals surface area (Å²) in [7, 11) is 0. The molecule has 2 rings (SSSR count). The van der Waals surface area contributed by atoms with Gasteiger partial charge in [0.1, 0.15) is 12.4 Å². The van der Waals surface area contributed by atoms with Gasteiger partial charge in [0, 0.05) is 30.2 Å². The van der Waals surface area contributed by atoms with Crippen LogP contribution in [0, 0.1) is 11.5 Å². The fourth-order valence-corrected chi connectivity index (χ4v) is 3.32. The average Bonchev–Trinajstić information content (AvgIpc) is 2.96. The lowest BCUT2D eigenvalue weighted by Gasteiger charge is -2.11. The highest BCUT2D eigenvalue weighted by atomic mass is 35.5. The number of nitrogens with one attached hydrogen (secondary N) is 2. The monoisotopic (exact) mass is 612 g/mol. The second-order valence-electron chi connectivity index (χ2n) is 8.32. The summed E-state index contributed by atoms with van der Waals surface area (Å²) in [5.74, 6) is 1.17. The minimum Gasteiger partial charge on any atom is -1.00 e. The molecule has 0 atom stereocenters. The van der Waals surface area contributed by atoms with Crippen LogP contribution in [0.1, 0.15) is 25.7 Å². The van der Waals surface area contributed by atoms with Crippen molar-refractivity contribution in [1.29, 1.82) is 5.26 Å². The number of nitrogens with zero attached hydrogens (tertiary/aromatic N) is 3. The Morgan fingerprint density at radius 1 is 0.927 bits per heavy atom. The normalized spacial score (nSPS) is 10.7. The zero-order valence-corrected chi connectivity index (χ0v) is 24.4. The summed E-state index contributed by atoms with van der Waals surface area (Å²) in [6.45, 7) is 3.41. The SMILES string of the molecule is N#CN=C(NCCCCCCOc1ccc(Cl)cc1)Nc1cc[n+](COC(=O)OCCOCCOCCN)cc1.[Cl-]. The van der Waals surface area contributed by atoms with Crippen LogP contribution in [0.25, 0.3) is 0 Å². The summed E-state index contributed by atoms with van der Waals surface area (Å²) < 4.78 is 27.8. The molecular weight excluding hydrogens is 575 g/mol. The number of guanidine groups is 1. The second-order valence-corrected chi connectivity index (χ2v) is 8.75. The van der Waals surface area contributed by atoms with Crippen molar-refractivity contribution in [3.63, 3.8) is 0 Å². The fourth-order valence-electron chi connectivity index (χ4n) is 3.19. The molecule has 4 N–H and O–H groups in total. The zero-order chi connectivity index (χ0) is 28.7. The number of anilines is 1. The fraction of sp³-hybridized carbons (Fsp3) is 0.481. The maximum atomic E-state index is 11.7. The van der Waals surface area contributed by atoms with Crippen LogP contribution < -0.4 is 38.1 Å². The molecule has 41 heavy (non-hydrogen) atoms. The van der Waals surface area contributed by atoms with Crippen LogP contribution in [0.4, 0.5) is 10.5 Å². The highest BCUT2D eigenvalue weighted by Gasteiger charge is 2.09. The van der Waals surface area contributed by atoms with Gasteiger partial charge in [-0.25, -0.2) is 4.79 Å². The van der Waals surface area contributed by atoms with Gasteiger partial charge in [-0.05, 0) is 37.1 Å². The van der Waals surface area contributed by atoms with Crippen molar-refractivity contribution in [3.05, 3.63) is 53.8 Å². The molecule has 0 bridgehead atoms. The summed E-state index contributed by atoms with van der Waals surface area (Å²) in [6.07, 6.45) is 8.36. The molecule has 0 amide bonds. The van der Waals surface area contributed by atoms with Crippen molar-refractivity contribution in [3.8, 4) is 11.9 Å². The predicted octanol–water partition coefficient (Wildman–Crippen LogP) is 0.212. The molecule has 1 aromatic carbocycles. The van der Waals surface area contributed by atoms with E-state index in [0.29, 0.717) is 56.2 Å². The zero-order valence-electron chi connectivity index (χ0n) is 22.9. The Morgan fingerprint density at radius 3 is 2.32 bits per heavy atom. The predicted molar refractivity (Wildman–Crippen MR) is 150 cm³/mol. The summed E-state index contributed by atoms with van der Waals surface area (Å²) in [5, 5.41) is 15.9. The summed E-state index contributed by atoms with van der Waals surface area (Å²) >= 11 is 5.87. The highest BCUT2D eigenvalue weighted by Crippen LogP contribution is 2.16. The van der Waals surface area contributed by atoms with E-state index < -0.39 is 6.16 Å². The first kappa shape index (κ1) is 35.7. The number of hydrogen-bond acceptors (Lipinski definition) is 9. The van der Waals surface area contributed by atoms with Gasteiger partial charge in [0.2, 0.25) is 12.2 Å². The Morgan fingerprint density at radius 2 is 1.61 bits per heavy atom. The molecule has 226 valence electrons. The van der Waals surface area contributed by atoms with Gasteiger partial charge in [0.15, 0.2) is 12.4 Å². The Labute approximate surface area is 252 Å². The number of halogens is 2. The number of carbonyl (C=O) groups is 1. The van der Waals surface area contributed by atoms with E-state index in [1.807, 2.05) is 24.3 Å². The molecule has 0 spiro atoms. The number of rotatable bonds is 19. The first-order valence-electron chi connectivity index (χ1n) is 13.1. The van der Waals surface area contributed by atoms with Crippen LogP contribution >= 0.6 is 11.6 Å². The number of benzene rings is 1. The molecule has 0 saturated carbocycles. The Balaban J connectivity index is 0.00000840. The molecule has 14 heteroatoms. The number of aliphatic imine (C=N–C) groups is 1. The Bertz CT molecular complexity index is 1040. The van der Waals surface area contributed by atoms with Crippen molar-refractivity contribution >= 4 is 29.4 Å². The maximum absolute atomic E-state index is 11.7. The molecule has 12 nitrogen and oxygen atoms in total. The number of carbonyl (C=O) groups excluding carboxylic acids is 1. The van der Waals surface area contributed by atoms with Crippen molar-refractivity contribution in [2.75, 3.05) is 58.0 Å². The van der Waals surface area contributed by atoms with Crippen molar-refractivity contribution in [2.24, 2.45) is 10.7 Å². The van der Waals surface area contributed by atoms with Crippen LogP contribution in [0.5, 0.6) is 5.75 Å². The van der Waals surface area contributed by atoms with E-state index in [0.717, 1.165) is 31.4 Å². The quantitative estimate of drug-likeness (QED) is 0.0501. The lowest BCUT2D eigenvalue weighted by Crippen LogP contribution is -3.00. The molecule has 0 saturated heterocycles. The van der Waals surface area contributed by atoms with E-state index in [9.17, 15) is 4.79 Å². The number of ether oxygens (including phenoxy) is 5. The largest absolute Gasteiger partial charge is 1.00 e. The third-order valence-electron chi connectivity index (χ3n) is 5.17. The highest BCUT2D eigenvalue weighted by molar-refractivity contribution is 6.30. The lowest BCUT2D eigenvalue weighted by molar-refractivity contribution is -0.727. The van der Waals surface area contributed by atoms with Crippen LogP contribution in [-0.2, 0) is 25.7 Å². The van der Waals surface area contributed by atoms with Gasteiger partial charge in [-0.15, -0.1) is 4.99 Å². The van der Waals surface area contributed by atoms with Gasteiger partial charge in [-0.1, -0.05) is 24.4 Å². The molecule has 0 aliphatic rings. The molecular formula is C27H38Cl2N6O6. The van der Waals surface area contributed by atoms with E-state index in [2.05, 4.69) is 15.6 Å². The number of nitriles is 1. The maximum Gasteiger partial charge on any atom is 0.513 e. The topological polar surface area (TPSA) is 153 Å². The van der Waals surface area contributed by atoms with E-state index >= 15 is 0 Å². The van der Waals surface area contributed by atoms with Crippen LogP contribution in [-0.4, -0.2) is 64.8 Å². The second kappa shape index (κ2) is 23.4. The average molecular weight is 614 g/mol. The summed E-state index contributed by atoms with van der Waals surface area (Å²) in [5.41, 5.74) is 6.03. The Hall–Kier alpha value is -3.34. The van der Waals surface area contributed by atoms with Gasteiger partial charge in [0.25, 0.3) is 6.73 Å². The number of hydrogen-bond donors (Lipinski definition) is 3. The van der Waals surface area contributed by atoms with Crippen LogP contribution in [0.3, 0.4) is 0 Å².